The molecule has 0 amide bonds. The van der Waals surface area contributed by atoms with Crippen LogP contribution in [0.4, 0.5) is 0 Å². The van der Waals surface area contributed by atoms with Crippen LogP contribution < -0.4 is 0 Å². The second-order valence-corrected chi connectivity index (χ2v) is 3.66. The van der Waals surface area contributed by atoms with E-state index >= 15 is 0 Å². The Labute approximate surface area is 80.0 Å². The van der Waals surface area contributed by atoms with Gasteiger partial charge in [0.15, 0.2) is 0 Å². The Balaban J connectivity index is 2.55. The third-order valence-corrected chi connectivity index (χ3v) is 2.14. The van der Waals surface area contributed by atoms with Crippen molar-refractivity contribution in [2.75, 3.05) is 0 Å². The lowest BCUT2D eigenvalue weighted by molar-refractivity contribution is 0.596. The number of nitriles is 1. The summed E-state index contributed by atoms with van der Waals surface area (Å²) >= 11 is 0. The Morgan fingerprint density at radius 2 is 1.92 bits per heavy atom. The van der Waals surface area contributed by atoms with Crippen molar-refractivity contribution in [2.24, 2.45) is 5.92 Å². The normalized spacial score (nSPS) is 12.1. The zero-order valence-corrected chi connectivity index (χ0v) is 8.25. The second kappa shape index (κ2) is 4.67. The lowest BCUT2D eigenvalue weighted by Gasteiger charge is -2.06. The lowest BCUT2D eigenvalue weighted by atomic mass is 9.98. The van der Waals surface area contributed by atoms with Gasteiger partial charge in [-0.3, -0.25) is 0 Å². The molecule has 13 heavy (non-hydrogen) atoms. The van der Waals surface area contributed by atoms with Gasteiger partial charge in [0.25, 0.3) is 0 Å². The first kappa shape index (κ1) is 9.80. The molecule has 0 fully saturated rings. The molecular formula is C12H15N. The number of aryl methyl sites for hydroxylation is 1. The van der Waals surface area contributed by atoms with Crippen LogP contribution in [0.15, 0.2) is 24.3 Å². The minimum atomic E-state index is 0.465. The quantitative estimate of drug-likeness (QED) is 0.689. The van der Waals surface area contributed by atoms with Crippen molar-refractivity contribution < 1.29 is 0 Å². The zero-order chi connectivity index (χ0) is 9.68. The fraction of sp³-hybridized carbons (Fsp3) is 0.417. The van der Waals surface area contributed by atoms with Crippen LogP contribution in [-0.4, -0.2) is 0 Å². The first-order chi connectivity index (χ1) is 6.22. The molecule has 0 spiro atoms. The molecule has 1 aromatic rings. The Bertz CT molecular complexity index is 292. The van der Waals surface area contributed by atoms with Crippen molar-refractivity contribution >= 4 is 0 Å². The molecule has 0 aliphatic heterocycles. The van der Waals surface area contributed by atoms with Crippen molar-refractivity contribution in [2.45, 2.75) is 26.7 Å². The molecule has 1 heteroatoms. The number of benzene rings is 1. The van der Waals surface area contributed by atoms with E-state index in [4.69, 9.17) is 5.26 Å². The van der Waals surface area contributed by atoms with E-state index in [0.717, 1.165) is 6.42 Å². The highest BCUT2D eigenvalue weighted by Gasteiger charge is 2.01. The molecule has 68 valence electrons. The van der Waals surface area contributed by atoms with E-state index < -0.39 is 0 Å². The van der Waals surface area contributed by atoms with Gasteiger partial charge in [0, 0.05) is 6.42 Å². The average Bonchev–Trinajstić information content (AvgIpc) is 2.09. The lowest BCUT2D eigenvalue weighted by Crippen LogP contribution is -1.98. The van der Waals surface area contributed by atoms with Gasteiger partial charge in [-0.1, -0.05) is 36.8 Å². The van der Waals surface area contributed by atoms with E-state index in [9.17, 15) is 0 Å². The summed E-state index contributed by atoms with van der Waals surface area (Å²) in [4.78, 5) is 0. The number of rotatable bonds is 3. The summed E-state index contributed by atoms with van der Waals surface area (Å²) in [5.41, 5.74) is 2.62. The fourth-order valence-electron chi connectivity index (χ4n) is 1.35. The van der Waals surface area contributed by atoms with Gasteiger partial charge in [0.05, 0.1) is 6.07 Å². The molecule has 0 aromatic heterocycles. The maximum absolute atomic E-state index is 8.51. The van der Waals surface area contributed by atoms with E-state index in [-0.39, 0.29) is 0 Å². The Morgan fingerprint density at radius 3 is 2.46 bits per heavy atom. The van der Waals surface area contributed by atoms with Crippen LogP contribution >= 0.6 is 0 Å². The molecule has 0 radical (unpaired) electrons. The zero-order valence-electron chi connectivity index (χ0n) is 8.25. The van der Waals surface area contributed by atoms with Gasteiger partial charge in [0.1, 0.15) is 0 Å². The maximum Gasteiger partial charge on any atom is 0.0624 e. The minimum absolute atomic E-state index is 0.465. The topological polar surface area (TPSA) is 23.8 Å². The van der Waals surface area contributed by atoms with E-state index in [1.165, 1.54) is 11.1 Å². The Morgan fingerprint density at radius 1 is 1.31 bits per heavy atom. The number of hydrogen-bond acceptors (Lipinski definition) is 1. The molecular weight excluding hydrogens is 158 g/mol. The van der Waals surface area contributed by atoms with Crippen molar-refractivity contribution in [3.63, 3.8) is 0 Å². The highest BCUT2D eigenvalue weighted by Crippen LogP contribution is 2.11. The second-order valence-electron chi connectivity index (χ2n) is 3.66. The molecule has 0 aliphatic carbocycles. The molecule has 0 N–H and O–H groups in total. The van der Waals surface area contributed by atoms with Crippen molar-refractivity contribution in [3.05, 3.63) is 35.4 Å². The molecule has 0 heterocycles. The smallest absolute Gasteiger partial charge is 0.0624 e. The SMILES string of the molecule is Cc1ccc(CC(C)CC#N)cc1. The highest BCUT2D eigenvalue weighted by atomic mass is 14.2. The predicted molar refractivity (Wildman–Crippen MR) is 54.3 cm³/mol. The molecule has 0 aliphatic rings. The van der Waals surface area contributed by atoms with E-state index in [1.54, 1.807) is 0 Å². The standard InChI is InChI=1S/C12H15N/c1-10-3-5-12(6-4-10)9-11(2)7-8-13/h3-6,11H,7,9H2,1-2H3. The van der Waals surface area contributed by atoms with Crippen molar-refractivity contribution in [1.29, 1.82) is 5.26 Å². The third kappa shape index (κ3) is 3.29. The van der Waals surface area contributed by atoms with Crippen LogP contribution in [0, 0.1) is 24.2 Å². The van der Waals surface area contributed by atoms with Gasteiger partial charge >= 0.3 is 0 Å². The van der Waals surface area contributed by atoms with Gasteiger partial charge < -0.3 is 0 Å². The highest BCUT2D eigenvalue weighted by molar-refractivity contribution is 5.21. The summed E-state index contributed by atoms with van der Waals surface area (Å²) in [6.07, 6.45) is 1.65. The van der Waals surface area contributed by atoms with Crippen molar-refractivity contribution in [3.8, 4) is 6.07 Å². The summed E-state index contributed by atoms with van der Waals surface area (Å²) in [6, 6.07) is 10.7. The van der Waals surface area contributed by atoms with Gasteiger partial charge in [-0.05, 0) is 24.8 Å². The summed E-state index contributed by atoms with van der Waals surface area (Å²) in [6.45, 7) is 4.20. The third-order valence-electron chi connectivity index (χ3n) is 2.14. The number of hydrogen-bond donors (Lipinski definition) is 0. The molecule has 0 bridgehead atoms. The molecule has 1 unspecified atom stereocenters. The van der Waals surface area contributed by atoms with Crippen LogP contribution in [0.2, 0.25) is 0 Å². The first-order valence-corrected chi connectivity index (χ1v) is 4.65. The van der Waals surface area contributed by atoms with E-state index in [1.807, 2.05) is 0 Å². The Kier molecular flexibility index (Phi) is 3.52. The van der Waals surface area contributed by atoms with Gasteiger partial charge in [0.2, 0.25) is 0 Å². The summed E-state index contributed by atoms with van der Waals surface area (Å²) in [5, 5.41) is 8.51. The molecule has 0 saturated heterocycles. The average molecular weight is 173 g/mol. The summed E-state index contributed by atoms with van der Waals surface area (Å²) in [5.74, 6) is 0.465. The monoisotopic (exact) mass is 173 g/mol. The number of nitrogens with zero attached hydrogens (tertiary/aromatic N) is 1. The maximum atomic E-state index is 8.51. The van der Waals surface area contributed by atoms with E-state index in [0.29, 0.717) is 12.3 Å². The van der Waals surface area contributed by atoms with Crippen LogP contribution in [0.1, 0.15) is 24.5 Å². The van der Waals surface area contributed by atoms with Gasteiger partial charge in [-0.15, -0.1) is 0 Å². The van der Waals surface area contributed by atoms with Crippen LogP contribution in [0.3, 0.4) is 0 Å². The first-order valence-electron chi connectivity index (χ1n) is 4.65. The van der Waals surface area contributed by atoms with Crippen LogP contribution in [0.5, 0.6) is 0 Å². The Hall–Kier alpha value is -1.29. The predicted octanol–water partition coefficient (Wildman–Crippen LogP) is 3.09. The molecule has 1 nitrogen and oxygen atoms in total. The van der Waals surface area contributed by atoms with E-state index in [2.05, 4.69) is 44.2 Å². The minimum Gasteiger partial charge on any atom is -0.198 e. The molecule has 1 aromatic carbocycles. The van der Waals surface area contributed by atoms with Crippen molar-refractivity contribution in [1.82, 2.24) is 0 Å². The van der Waals surface area contributed by atoms with Gasteiger partial charge in [-0.25, -0.2) is 0 Å². The summed E-state index contributed by atoms with van der Waals surface area (Å²) in [7, 11) is 0. The summed E-state index contributed by atoms with van der Waals surface area (Å²) < 4.78 is 0. The van der Waals surface area contributed by atoms with Crippen LogP contribution in [-0.2, 0) is 6.42 Å². The largest absolute Gasteiger partial charge is 0.198 e. The molecule has 1 rings (SSSR count). The van der Waals surface area contributed by atoms with Crippen LogP contribution in [0.25, 0.3) is 0 Å². The fourth-order valence-corrected chi connectivity index (χ4v) is 1.35. The molecule has 0 saturated carbocycles. The van der Waals surface area contributed by atoms with Gasteiger partial charge in [-0.2, -0.15) is 5.26 Å². The molecule has 1 atom stereocenters.